The Kier molecular flexibility index (Phi) is 7.36. The number of anilines is 1. The van der Waals surface area contributed by atoms with Gasteiger partial charge in [-0.1, -0.05) is 18.2 Å². The monoisotopic (exact) mass is 414 g/mol. The molecule has 0 unspecified atom stereocenters. The van der Waals surface area contributed by atoms with E-state index in [1.807, 2.05) is 19.1 Å². The lowest BCUT2D eigenvalue weighted by molar-refractivity contribution is -0.112. The number of carbonyl (C=O) groups is 1. The molecule has 0 atom stereocenters. The van der Waals surface area contributed by atoms with Crippen molar-refractivity contribution in [1.82, 2.24) is 5.32 Å². The van der Waals surface area contributed by atoms with E-state index >= 15 is 0 Å². The first kappa shape index (κ1) is 21.9. The molecule has 0 aliphatic rings. The number of primary sulfonamides is 1. The summed E-state index contributed by atoms with van der Waals surface area (Å²) in [5.74, 6) is -0.0569. The van der Waals surface area contributed by atoms with E-state index in [4.69, 9.17) is 9.88 Å². The maximum Gasteiger partial charge on any atom is 0.267 e. The average Bonchev–Trinajstić information content (AvgIpc) is 2.68. The summed E-state index contributed by atoms with van der Waals surface area (Å²) in [5, 5.41) is 19.9. The summed E-state index contributed by atoms with van der Waals surface area (Å²) in [6.45, 7) is 2.33. The fraction of sp³-hybridized carbons (Fsp3) is 0.200. The number of benzene rings is 2. The molecule has 0 radical (unpaired) electrons. The second-order valence-electron chi connectivity index (χ2n) is 6.22. The van der Waals surface area contributed by atoms with Crippen LogP contribution < -0.4 is 20.5 Å². The van der Waals surface area contributed by atoms with Gasteiger partial charge in [-0.2, -0.15) is 5.26 Å². The first-order valence-corrected chi connectivity index (χ1v) is 10.2. The van der Waals surface area contributed by atoms with Gasteiger partial charge in [-0.15, -0.1) is 0 Å². The van der Waals surface area contributed by atoms with Crippen molar-refractivity contribution < 1.29 is 17.9 Å². The summed E-state index contributed by atoms with van der Waals surface area (Å²) in [7, 11) is -2.22. The molecule has 0 aromatic heterocycles. The molecule has 4 N–H and O–H groups in total. The second kappa shape index (κ2) is 9.73. The van der Waals surface area contributed by atoms with E-state index in [2.05, 4.69) is 10.6 Å². The molecule has 0 saturated heterocycles. The van der Waals surface area contributed by atoms with E-state index in [0.717, 1.165) is 11.1 Å². The number of hydrogen-bond donors (Lipinski definition) is 3. The van der Waals surface area contributed by atoms with Crippen LogP contribution >= 0.6 is 0 Å². The number of nitrogens with two attached hydrogens (primary N) is 1. The number of hydrogen-bond acceptors (Lipinski definition) is 6. The molecule has 0 fully saturated rings. The summed E-state index contributed by atoms with van der Waals surface area (Å²) < 4.78 is 27.7. The van der Waals surface area contributed by atoms with Gasteiger partial charge >= 0.3 is 0 Å². The molecule has 0 spiro atoms. The van der Waals surface area contributed by atoms with Crippen molar-refractivity contribution in [2.45, 2.75) is 18.2 Å². The smallest absolute Gasteiger partial charge is 0.267 e. The number of amides is 1. The number of aryl methyl sites for hydroxylation is 1. The predicted molar refractivity (Wildman–Crippen MR) is 110 cm³/mol. The molecule has 8 nitrogen and oxygen atoms in total. The molecule has 0 heterocycles. The topological polar surface area (TPSA) is 134 Å². The molecule has 2 aromatic rings. The number of nitriles is 1. The predicted octanol–water partition coefficient (Wildman–Crippen LogP) is 1.83. The highest BCUT2D eigenvalue weighted by Crippen LogP contribution is 2.25. The van der Waals surface area contributed by atoms with E-state index in [0.29, 0.717) is 24.4 Å². The summed E-state index contributed by atoms with van der Waals surface area (Å²) in [6.07, 6.45) is 1.91. The Morgan fingerprint density at radius 2 is 1.93 bits per heavy atom. The highest BCUT2D eigenvalue weighted by atomic mass is 32.2. The van der Waals surface area contributed by atoms with Gasteiger partial charge in [-0.3, -0.25) is 4.79 Å². The van der Waals surface area contributed by atoms with Crippen LogP contribution in [0.1, 0.15) is 11.1 Å². The highest BCUT2D eigenvalue weighted by molar-refractivity contribution is 7.89. The molecule has 0 bridgehead atoms. The van der Waals surface area contributed by atoms with Crippen LogP contribution in [0.15, 0.2) is 59.1 Å². The molecule has 0 aliphatic heterocycles. The van der Waals surface area contributed by atoms with Gasteiger partial charge in [0.05, 0.1) is 17.7 Å². The number of sulfonamides is 1. The first-order chi connectivity index (χ1) is 13.7. The fourth-order valence-corrected chi connectivity index (χ4v) is 3.01. The van der Waals surface area contributed by atoms with Crippen LogP contribution in [0.25, 0.3) is 0 Å². The van der Waals surface area contributed by atoms with E-state index in [9.17, 15) is 18.5 Å². The van der Waals surface area contributed by atoms with Crippen molar-refractivity contribution >= 4 is 21.6 Å². The Hall–Kier alpha value is -3.35. The minimum absolute atomic E-state index is 0.0455. The second-order valence-corrected chi connectivity index (χ2v) is 7.78. The van der Waals surface area contributed by atoms with Crippen LogP contribution in [-0.2, 0) is 21.2 Å². The molecule has 9 heteroatoms. The number of rotatable bonds is 8. The van der Waals surface area contributed by atoms with Crippen molar-refractivity contribution in [3.05, 3.63) is 65.4 Å². The van der Waals surface area contributed by atoms with Gasteiger partial charge in [0.2, 0.25) is 10.0 Å². The Labute approximate surface area is 170 Å². The highest BCUT2D eigenvalue weighted by Gasteiger charge is 2.12. The zero-order chi connectivity index (χ0) is 21.4. The maximum absolute atomic E-state index is 12.4. The Morgan fingerprint density at radius 3 is 2.52 bits per heavy atom. The standard InChI is InChI=1S/C20H22N4O4S/c1-14-3-8-19(28-2)18(11-14)24-20(25)16(12-21)13-23-10-9-15-4-6-17(7-5-15)29(22,26)27/h3-8,11,13,23H,9-10H2,1-2H3,(H,24,25)(H2,22,26,27)/b16-13-. The van der Waals surface area contributed by atoms with Crippen molar-refractivity contribution in [3.8, 4) is 11.8 Å². The minimum atomic E-state index is -3.72. The van der Waals surface area contributed by atoms with Crippen LogP contribution in [0.2, 0.25) is 0 Å². The van der Waals surface area contributed by atoms with Crippen LogP contribution in [-0.4, -0.2) is 28.0 Å². The summed E-state index contributed by atoms with van der Waals surface area (Å²) in [6, 6.07) is 13.4. The molecule has 2 rings (SSSR count). The van der Waals surface area contributed by atoms with Crippen LogP contribution in [0.5, 0.6) is 5.75 Å². The molecule has 152 valence electrons. The SMILES string of the molecule is COc1ccc(C)cc1NC(=O)/C(C#N)=C\NCCc1ccc(S(N)(=O)=O)cc1. The normalized spacial score (nSPS) is 11.4. The van der Waals surface area contributed by atoms with Gasteiger partial charge < -0.3 is 15.4 Å². The molecule has 0 saturated carbocycles. The minimum Gasteiger partial charge on any atom is -0.495 e. The molecular formula is C20H22N4O4S. The molecule has 0 aliphatic carbocycles. The van der Waals surface area contributed by atoms with E-state index in [1.54, 1.807) is 24.3 Å². The largest absolute Gasteiger partial charge is 0.495 e. The number of methoxy groups -OCH3 is 1. The van der Waals surface area contributed by atoms with E-state index in [1.165, 1.54) is 25.4 Å². The zero-order valence-corrected chi connectivity index (χ0v) is 16.9. The fourth-order valence-electron chi connectivity index (χ4n) is 2.49. The van der Waals surface area contributed by atoms with Gasteiger partial charge in [-0.05, 0) is 48.7 Å². The van der Waals surface area contributed by atoms with E-state index < -0.39 is 15.9 Å². The lowest BCUT2D eigenvalue weighted by Gasteiger charge is -2.10. The third kappa shape index (κ3) is 6.34. The third-order valence-electron chi connectivity index (χ3n) is 4.02. The van der Waals surface area contributed by atoms with E-state index in [-0.39, 0.29) is 10.5 Å². The number of carbonyl (C=O) groups excluding carboxylic acids is 1. The molecule has 1 amide bonds. The molecule has 29 heavy (non-hydrogen) atoms. The zero-order valence-electron chi connectivity index (χ0n) is 16.1. The lowest BCUT2D eigenvalue weighted by Crippen LogP contribution is -2.18. The van der Waals surface area contributed by atoms with Gasteiger partial charge in [0, 0.05) is 12.7 Å². The Morgan fingerprint density at radius 1 is 1.24 bits per heavy atom. The Bertz CT molecular complexity index is 1050. The Balaban J connectivity index is 1.95. The van der Waals surface area contributed by atoms with Crippen LogP contribution in [0, 0.1) is 18.3 Å². The van der Waals surface area contributed by atoms with Gasteiger partial charge in [0.1, 0.15) is 17.4 Å². The van der Waals surface area contributed by atoms with Crippen LogP contribution in [0.4, 0.5) is 5.69 Å². The van der Waals surface area contributed by atoms with Crippen molar-refractivity contribution in [1.29, 1.82) is 5.26 Å². The summed E-state index contributed by atoms with van der Waals surface area (Å²) in [4.78, 5) is 12.4. The molecular weight excluding hydrogens is 392 g/mol. The van der Waals surface area contributed by atoms with Crippen molar-refractivity contribution in [2.75, 3.05) is 19.0 Å². The maximum atomic E-state index is 12.4. The number of ether oxygens (including phenoxy) is 1. The average molecular weight is 414 g/mol. The quantitative estimate of drug-likeness (QED) is 0.343. The molecule has 2 aromatic carbocycles. The van der Waals surface area contributed by atoms with Crippen molar-refractivity contribution in [2.24, 2.45) is 5.14 Å². The number of nitrogens with zero attached hydrogens (tertiary/aromatic N) is 1. The number of nitrogens with one attached hydrogen (secondary N) is 2. The third-order valence-corrected chi connectivity index (χ3v) is 4.95. The summed E-state index contributed by atoms with van der Waals surface area (Å²) >= 11 is 0. The van der Waals surface area contributed by atoms with Gasteiger partial charge in [0.15, 0.2) is 0 Å². The summed E-state index contributed by atoms with van der Waals surface area (Å²) in [5.41, 5.74) is 2.22. The van der Waals surface area contributed by atoms with Gasteiger partial charge in [-0.25, -0.2) is 13.6 Å². The lowest BCUT2D eigenvalue weighted by atomic mass is 10.1. The van der Waals surface area contributed by atoms with Crippen LogP contribution in [0.3, 0.4) is 0 Å². The van der Waals surface area contributed by atoms with Gasteiger partial charge in [0.25, 0.3) is 5.91 Å². The van der Waals surface area contributed by atoms with Crippen molar-refractivity contribution in [3.63, 3.8) is 0 Å². The first-order valence-electron chi connectivity index (χ1n) is 8.66.